The van der Waals surface area contributed by atoms with Gasteiger partial charge in [-0.2, -0.15) is 0 Å². The molecule has 0 fully saturated rings. The fourth-order valence-corrected chi connectivity index (χ4v) is 3.42. The van der Waals surface area contributed by atoms with Gasteiger partial charge in [-0.25, -0.2) is 8.78 Å². The topological polar surface area (TPSA) is 12.0 Å². The van der Waals surface area contributed by atoms with Gasteiger partial charge in [-0.3, -0.25) is 0 Å². The van der Waals surface area contributed by atoms with E-state index in [0.29, 0.717) is 6.42 Å². The number of nitrogens with one attached hydrogen (secondary N) is 1. The molecule has 2 aromatic rings. The number of hydrogen-bond acceptors (Lipinski definition) is 2. The van der Waals surface area contributed by atoms with Crippen LogP contribution in [0.3, 0.4) is 0 Å². The van der Waals surface area contributed by atoms with Crippen molar-refractivity contribution in [2.45, 2.75) is 17.4 Å². The van der Waals surface area contributed by atoms with Crippen LogP contribution in [-0.2, 0) is 6.42 Å². The maximum atomic E-state index is 13.3. The maximum absolute atomic E-state index is 13.3. The van der Waals surface area contributed by atoms with Crippen molar-refractivity contribution < 1.29 is 8.78 Å². The number of rotatable bonds is 6. The highest BCUT2D eigenvalue weighted by Crippen LogP contribution is 2.23. The average molecular weight is 372 g/mol. The molecule has 0 aliphatic rings. The highest BCUT2D eigenvalue weighted by Gasteiger charge is 2.11. The van der Waals surface area contributed by atoms with Gasteiger partial charge in [-0.15, -0.1) is 11.8 Å². The van der Waals surface area contributed by atoms with Gasteiger partial charge in [0.15, 0.2) is 0 Å². The third-order valence-corrected chi connectivity index (χ3v) is 5.06. The Balaban J connectivity index is 1.98. The van der Waals surface area contributed by atoms with Gasteiger partial charge in [0.25, 0.3) is 0 Å². The van der Waals surface area contributed by atoms with E-state index in [9.17, 15) is 8.78 Å². The molecule has 5 heteroatoms. The van der Waals surface area contributed by atoms with Crippen molar-refractivity contribution in [3.8, 4) is 0 Å². The van der Waals surface area contributed by atoms with Crippen LogP contribution in [0.15, 0.2) is 51.8 Å². The predicted octanol–water partition coefficient (Wildman–Crippen LogP) is 4.65. The minimum Gasteiger partial charge on any atom is -0.316 e. The molecule has 0 amide bonds. The SMILES string of the molecule is CNC(CSc1cccc(F)c1)Cc1cc(F)ccc1Br. The van der Waals surface area contributed by atoms with Crippen molar-refractivity contribution in [1.29, 1.82) is 0 Å². The Morgan fingerprint density at radius 1 is 1.14 bits per heavy atom. The van der Waals surface area contributed by atoms with Crippen molar-refractivity contribution in [1.82, 2.24) is 5.32 Å². The summed E-state index contributed by atoms with van der Waals surface area (Å²) in [7, 11) is 1.88. The Kier molecular flexibility index (Phi) is 6.21. The van der Waals surface area contributed by atoms with E-state index in [-0.39, 0.29) is 17.7 Å². The lowest BCUT2D eigenvalue weighted by Gasteiger charge is -2.17. The van der Waals surface area contributed by atoms with Crippen LogP contribution < -0.4 is 5.32 Å². The summed E-state index contributed by atoms with van der Waals surface area (Å²) in [5, 5.41) is 3.22. The van der Waals surface area contributed by atoms with E-state index in [1.54, 1.807) is 30.0 Å². The summed E-state index contributed by atoms with van der Waals surface area (Å²) in [5.41, 5.74) is 0.925. The fourth-order valence-electron chi connectivity index (χ4n) is 1.96. The first-order valence-electron chi connectivity index (χ1n) is 6.58. The van der Waals surface area contributed by atoms with E-state index < -0.39 is 0 Å². The molecule has 2 aromatic carbocycles. The van der Waals surface area contributed by atoms with Gasteiger partial charge in [-0.1, -0.05) is 22.0 Å². The van der Waals surface area contributed by atoms with Crippen LogP contribution in [0.5, 0.6) is 0 Å². The molecule has 0 radical (unpaired) electrons. The molecule has 0 bridgehead atoms. The molecular formula is C16H16BrF2NS. The Morgan fingerprint density at radius 2 is 1.90 bits per heavy atom. The van der Waals surface area contributed by atoms with Gasteiger partial charge in [0.05, 0.1) is 0 Å². The summed E-state index contributed by atoms with van der Waals surface area (Å²) in [6.45, 7) is 0. The molecule has 0 spiro atoms. The summed E-state index contributed by atoms with van der Waals surface area (Å²) in [5.74, 6) is 0.317. The second-order valence-electron chi connectivity index (χ2n) is 4.69. The van der Waals surface area contributed by atoms with E-state index >= 15 is 0 Å². The van der Waals surface area contributed by atoms with Crippen LogP contribution in [-0.4, -0.2) is 18.8 Å². The van der Waals surface area contributed by atoms with Crippen LogP contribution >= 0.6 is 27.7 Å². The average Bonchev–Trinajstić information content (AvgIpc) is 2.47. The second-order valence-corrected chi connectivity index (χ2v) is 6.64. The highest BCUT2D eigenvalue weighted by atomic mass is 79.9. The molecule has 0 saturated heterocycles. The Labute approximate surface area is 136 Å². The molecule has 1 nitrogen and oxygen atoms in total. The van der Waals surface area contributed by atoms with E-state index in [1.807, 2.05) is 13.1 Å². The zero-order chi connectivity index (χ0) is 15.2. The van der Waals surface area contributed by atoms with Gasteiger partial charge in [0, 0.05) is 21.2 Å². The molecule has 0 aliphatic carbocycles. The largest absolute Gasteiger partial charge is 0.316 e. The molecule has 2 rings (SSSR count). The minimum absolute atomic E-state index is 0.177. The van der Waals surface area contributed by atoms with Gasteiger partial charge in [0.2, 0.25) is 0 Å². The normalized spacial score (nSPS) is 12.4. The lowest BCUT2D eigenvalue weighted by Crippen LogP contribution is -2.30. The number of thioether (sulfide) groups is 1. The molecule has 112 valence electrons. The van der Waals surface area contributed by atoms with Crippen molar-refractivity contribution in [3.05, 3.63) is 64.1 Å². The lowest BCUT2D eigenvalue weighted by atomic mass is 10.1. The Hall–Kier alpha value is -0.910. The van der Waals surface area contributed by atoms with Crippen molar-refractivity contribution in [2.75, 3.05) is 12.8 Å². The number of halogens is 3. The maximum Gasteiger partial charge on any atom is 0.124 e. The molecule has 1 atom stereocenters. The van der Waals surface area contributed by atoms with Gasteiger partial charge in [0.1, 0.15) is 11.6 Å². The molecule has 1 N–H and O–H groups in total. The highest BCUT2D eigenvalue weighted by molar-refractivity contribution is 9.10. The Morgan fingerprint density at radius 3 is 2.62 bits per heavy atom. The molecule has 0 saturated carbocycles. The monoisotopic (exact) mass is 371 g/mol. The first kappa shape index (κ1) is 16.5. The number of benzene rings is 2. The first-order valence-corrected chi connectivity index (χ1v) is 8.36. The molecular weight excluding hydrogens is 356 g/mol. The van der Waals surface area contributed by atoms with Gasteiger partial charge < -0.3 is 5.32 Å². The molecule has 1 unspecified atom stereocenters. The third kappa shape index (κ3) is 5.09. The van der Waals surface area contributed by atoms with Crippen molar-refractivity contribution in [3.63, 3.8) is 0 Å². The summed E-state index contributed by atoms with van der Waals surface area (Å²) in [4.78, 5) is 0.897. The van der Waals surface area contributed by atoms with Crippen LogP contribution in [0.1, 0.15) is 5.56 Å². The molecule has 0 aliphatic heterocycles. The van der Waals surface area contributed by atoms with Gasteiger partial charge >= 0.3 is 0 Å². The number of likely N-dealkylation sites (N-methyl/N-ethyl adjacent to an activating group) is 1. The molecule has 0 aromatic heterocycles. The minimum atomic E-state index is -0.235. The fraction of sp³-hybridized carbons (Fsp3) is 0.250. The van der Waals surface area contributed by atoms with E-state index in [0.717, 1.165) is 20.7 Å². The second kappa shape index (κ2) is 7.92. The standard InChI is InChI=1S/C16H16BrF2NS/c1-20-14(8-11-7-13(19)5-6-16(11)17)10-21-15-4-2-3-12(18)9-15/h2-7,9,14,20H,8,10H2,1H3. The van der Waals surface area contributed by atoms with E-state index in [1.165, 1.54) is 18.2 Å². The van der Waals surface area contributed by atoms with Crippen molar-refractivity contribution >= 4 is 27.7 Å². The van der Waals surface area contributed by atoms with Crippen LogP contribution in [0, 0.1) is 11.6 Å². The summed E-state index contributed by atoms with van der Waals surface area (Å²) < 4.78 is 27.4. The van der Waals surface area contributed by atoms with Crippen molar-refractivity contribution in [2.24, 2.45) is 0 Å². The van der Waals surface area contributed by atoms with Crippen LogP contribution in [0.2, 0.25) is 0 Å². The predicted molar refractivity (Wildman–Crippen MR) is 87.8 cm³/mol. The van der Waals surface area contributed by atoms with Crippen LogP contribution in [0.4, 0.5) is 8.78 Å². The third-order valence-electron chi connectivity index (χ3n) is 3.13. The van der Waals surface area contributed by atoms with E-state index in [4.69, 9.17) is 0 Å². The first-order chi connectivity index (χ1) is 10.1. The zero-order valence-electron chi connectivity index (χ0n) is 11.6. The summed E-state index contributed by atoms with van der Waals surface area (Å²) in [6, 6.07) is 11.4. The smallest absolute Gasteiger partial charge is 0.124 e. The van der Waals surface area contributed by atoms with Gasteiger partial charge in [-0.05, 0) is 55.4 Å². The lowest BCUT2D eigenvalue weighted by molar-refractivity contribution is 0.601. The zero-order valence-corrected chi connectivity index (χ0v) is 14.0. The van der Waals surface area contributed by atoms with Crippen LogP contribution in [0.25, 0.3) is 0 Å². The summed E-state index contributed by atoms with van der Waals surface area (Å²) in [6.07, 6.45) is 0.706. The molecule has 21 heavy (non-hydrogen) atoms. The number of hydrogen-bond donors (Lipinski definition) is 1. The molecule has 0 heterocycles. The summed E-state index contributed by atoms with van der Waals surface area (Å²) >= 11 is 5.03. The quantitative estimate of drug-likeness (QED) is 0.741. The Bertz CT molecular complexity index is 607. The van der Waals surface area contributed by atoms with E-state index in [2.05, 4.69) is 21.2 Å².